The number of nitrogens with one attached hydrogen (secondary N) is 1. The molecule has 1 aromatic carbocycles. The maximum atomic E-state index is 8.86. The molecular weight excluding hydrogens is 401 g/mol. The number of nitrogens with zero attached hydrogens (tertiary/aromatic N) is 1. The molecule has 0 bridgehead atoms. The van der Waals surface area contributed by atoms with E-state index in [4.69, 9.17) is 49.2 Å². The lowest BCUT2D eigenvalue weighted by Gasteiger charge is -2.36. The van der Waals surface area contributed by atoms with Crippen LogP contribution in [-0.4, -0.2) is 52.5 Å². The summed E-state index contributed by atoms with van der Waals surface area (Å²) in [5, 5.41) is 22.4. The quantitative estimate of drug-likeness (QED) is 0.297. The van der Waals surface area contributed by atoms with Gasteiger partial charge in [-0.1, -0.05) is 24.4 Å². The lowest BCUT2D eigenvalue weighted by atomic mass is 9.82. The predicted octanol–water partition coefficient (Wildman–Crippen LogP) is 2.14. The van der Waals surface area contributed by atoms with Crippen LogP contribution >= 0.6 is 23.8 Å². The summed E-state index contributed by atoms with van der Waals surface area (Å²) in [6.45, 7) is 1.82. The maximum absolute atomic E-state index is 8.86. The van der Waals surface area contributed by atoms with Crippen LogP contribution < -0.4 is 11.1 Å². The summed E-state index contributed by atoms with van der Waals surface area (Å²) in [6.07, 6.45) is 5.42. The highest BCUT2D eigenvalue weighted by Gasteiger charge is 2.25. The molecule has 10 heteroatoms. The van der Waals surface area contributed by atoms with Gasteiger partial charge >= 0.3 is 13.3 Å². The first-order chi connectivity index (χ1) is 13.4. The van der Waals surface area contributed by atoms with Crippen molar-refractivity contribution in [2.45, 2.75) is 44.5 Å². The highest BCUT2D eigenvalue weighted by Crippen LogP contribution is 2.23. The fourth-order valence-electron chi connectivity index (χ4n) is 3.21. The van der Waals surface area contributed by atoms with Crippen LogP contribution in [0.5, 0.6) is 0 Å². The van der Waals surface area contributed by atoms with Gasteiger partial charge in [0.1, 0.15) is 0 Å². The van der Waals surface area contributed by atoms with E-state index in [0.29, 0.717) is 17.3 Å². The molecule has 154 valence electrons. The van der Waals surface area contributed by atoms with E-state index in [1.165, 1.54) is 0 Å². The second kappa shape index (κ2) is 13.7. The Kier molecular flexibility index (Phi) is 12.0. The summed E-state index contributed by atoms with van der Waals surface area (Å²) in [5.41, 5.74) is 7.26. The number of rotatable bonds is 7. The molecule has 0 aliphatic carbocycles. The Balaban J connectivity index is 0.00000122. The van der Waals surface area contributed by atoms with Crippen molar-refractivity contribution in [3.8, 4) is 0 Å². The molecule has 1 aliphatic rings. The minimum Gasteiger partial charge on any atom is -0.427 e. The third-order valence-electron chi connectivity index (χ3n) is 4.78. The largest absolute Gasteiger partial charge is 0.451 e. The molecular formula is C18H27BClN3O4S. The van der Waals surface area contributed by atoms with Gasteiger partial charge in [-0.3, -0.25) is 0 Å². The number of likely N-dealkylation sites (tertiary alicyclic amines) is 1. The molecule has 0 spiro atoms. The first kappa shape index (κ1) is 24.6. The fraction of sp³-hybridized carbons (Fsp3) is 0.556. The van der Waals surface area contributed by atoms with Gasteiger partial charge in [-0.05, 0) is 68.0 Å². The van der Waals surface area contributed by atoms with Gasteiger partial charge < -0.3 is 26.0 Å². The highest BCUT2D eigenvalue weighted by atomic mass is 35.5. The minimum absolute atomic E-state index is 0.177. The monoisotopic (exact) mass is 427 g/mol. The molecule has 0 aromatic heterocycles. The van der Waals surface area contributed by atoms with Crippen molar-refractivity contribution in [2.24, 2.45) is 11.7 Å². The molecule has 1 unspecified atom stereocenters. The van der Waals surface area contributed by atoms with Crippen molar-refractivity contribution in [3.05, 3.63) is 29.3 Å². The molecule has 1 fully saturated rings. The number of halogens is 1. The first-order valence-corrected chi connectivity index (χ1v) is 10.1. The molecule has 1 aromatic rings. The summed E-state index contributed by atoms with van der Waals surface area (Å²) in [4.78, 5) is 18.4. The Morgan fingerprint density at radius 1 is 1.29 bits per heavy atom. The lowest BCUT2D eigenvalue weighted by Crippen LogP contribution is -2.44. The van der Waals surface area contributed by atoms with E-state index in [2.05, 4.69) is 10.2 Å². The number of thiocarbonyl (C=S) groups is 1. The Morgan fingerprint density at radius 2 is 1.86 bits per heavy atom. The van der Waals surface area contributed by atoms with E-state index < -0.39 is 7.12 Å². The number of carbonyl (C=O) groups excluding carboxylic acids is 2. The molecule has 0 radical (unpaired) electrons. The van der Waals surface area contributed by atoms with E-state index >= 15 is 0 Å². The Labute approximate surface area is 176 Å². The lowest BCUT2D eigenvalue weighted by molar-refractivity contribution is -0.191. The van der Waals surface area contributed by atoms with Crippen LogP contribution in [0, 0.1) is 5.92 Å². The van der Waals surface area contributed by atoms with Gasteiger partial charge in [-0.15, -0.1) is 0 Å². The normalized spacial score (nSPS) is 15.1. The molecule has 5 N–H and O–H groups in total. The summed E-state index contributed by atoms with van der Waals surface area (Å²) in [6, 6.07) is 7.69. The number of hydrogen-bond acceptors (Lipinski definition) is 6. The zero-order valence-electron chi connectivity index (χ0n) is 15.7. The molecule has 1 atom stereocenters. The topological polar surface area (TPSA) is 116 Å². The average molecular weight is 428 g/mol. The van der Waals surface area contributed by atoms with Gasteiger partial charge in [0.25, 0.3) is 0 Å². The number of piperidine rings is 1. The van der Waals surface area contributed by atoms with E-state index in [1.807, 2.05) is 24.3 Å². The van der Waals surface area contributed by atoms with Crippen molar-refractivity contribution in [1.82, 2.24) is 4.90 Å². The summed E-state index contributed by atoms with van der Waals surface area (Å²) in [7, 11) is -1.20. The van der Waals surface area contributed by atoms with E-state index in [0.717, 1.165) is 56.0 Å². The third-order valence-corrected chi connectivity index (χ3v) is 5.39. The third kappa shape index (κ3) is 9.64. The number of nitrogens with two attached hydrogens (primary N) is 1. The van der Waals surface area contributed by atoms with Crippen molar-refractivity contribution < 1.29 is 19.6 Å². The summed E-state index contributed by atoms with van der Waals surface area (Å²) >= 11 is 11.4. The van der Waals surface area contributed by atoms with Crippen LogP contribution in [-0.2, 0) is 9.59 Å². The van der Waals surface area contributed by atoms with Gasteiger partial charge in [-0.2, -0.15) is 9.59 Å². The number of benzene rings is 1. The number of hydrogen-bond donors (Lipinski definition) is 4. The number of anilines is 1. The summed E-state index contributed by atoms with van der Waals surface area (Å²) in [5.74, 6) is 0.508. The zero-order valence-corrected chi connectivity index (χ0v) is 17.3. The first-order valence-electron chi connectivity index (χ1n) is 9.29. The van der Waals surface area contributed by atoms with Gasteiger partial charge in [0.05, 0.1) is 0 Å². The van der Waals surface area contributed by atoms with Crippen LogP contribution in [0.3, 0.4) is 0 Å². The van der Waals surface area contributed by atoms with Gasteiger partial charge in [0.2, 0.25) is 0 Å². The molecule has 0 amide bonds. The zero-order chi connectivity index (χ0) is 20.9. The maximum Gasteiger partial charge on any atom is 0.451 e. The SMILES string of the molecule is NC(CCCCB(O)O)C1CCN(C(=S)Nc2ccc(Cl)cc2)CC1.O=C=O. The molecule has 7 nitrogen and oxygen atoms in total. The van der Waals surface area contributed by atoms with Crippen LogP contribution in [0.15, 0.2) is 24.3 Å². The van der Waals surface area contributed by atoms with Crippen LogP contribution in [0.1, 0.15) is 32.1 Å². The molecule has 1 saturated heterocycles. The number of unbranched alkanes of at least 4 members (excludes halogenated alkanes) is 1. The Morgan fingerprint density at radius 3 is 2.39 bits per heavy atom. The standard InChI is InChI=1S/C17H27BClN3O2S.CO2/c19-14-4-6-15(7-5-14)21-17(25)22-11-8-13(9-12-22)16(20)3-1-2-10-18(23)24;2-1-3/h4-7,13,16,23-24H,1-3,8-12,20H2,(H,21,25);. The summed E-state index contributed by atoms with van der Waals surface area (Å²) < 4.78 is 0. The molecule has 1 heterocycles. The molecule has 0 saturated carbocycles. The molecule has 28 heavy (non-hydrogen) atoms. The van der Waals surface area contributed by atoms with Crippen molar-refractivity contribution in [2.75, 3.05) is 18.4 Å². The predicted molar refractivity (Wildman–Crippen MR) is 114 cm³/mol. The van der Waals surface area contributed by atoms with Gasteiger partial charge in [-0.25, -0.2) is 0 Å². The second-order valence-electron chi connectivity index (χ2n) is 6.77. The minimum atomic E-state index is -1.20. The van der Waals surface area contributed by atoms with Gasteiger partial charge in [0.15, 0.2) is 5.11 Å². The van der Waals surface area contributed by atoms with Crippen LogP contribution in [0.25, 0.3) is 0 Å². The highest BCUT2D eigenvalue weighted by molar-refractivity contribution is 7.80. The van der Waals surface area contributed by atoms with E-state index in [1.54, 1.807) is 0 Å². The second-order valence-corrected chi connectivity index (χ2v) is 7.60. The Hall–Kier alpha value is -1.48. The van der Waals surface area contributed by atoms with E-state index in [-0.39, 0.29) is 12.2 Å². The average Bonchev–Trinajstić information content (AvgIpc) is 2.67. The van der Waals surface area contributed by atoms with Crippen molar-refractivity contribution in [1.29, 1.82) is 0 Å². The van der Waals surface area contributed by atoms with Crippen LogP contribution in [0.2, 0.25) is 11.3 Å². The molecule has 1 aliphatic heterocycles. The molecule has 2 rings (SSSR count). The van der Waals surface area contributed by atoms with E-state index in [9.17, 15) is 0 Å². The van der Waals surface area contributed by atoms with Crippen LogP contribution in [0.4, 0.5) is 5.69 Å². The Bertz CT molecular complexity index is 622. The fourth-order valence-corrected chi connectivity index (χ4v) is 3.64. The van der Waals surface area contributed by atoms with Crippen molar-refractivity contribution >= 4 is 47.9 Å². The van der Waals surface area contributed by atoms with Gasteiger partial charge in [0, 0.05) is 29.8 Å². The smallest absolute Gasteiger partial charge is 0.427 e. The van der Waals surface area contributed by atoms with Crippen molar-refractivity contribution in [3.63, 3.8) is 0 Å².